The lowest BCUT2D eigenvalue weighted by molar-refractivity contribution is -0.149. The molecule has 2 fully saturated rings. The number of amides is 3. The van der Waals surface area contributed by atoms with E-state index in [2.05, 4.69) is 20.6 Å². The van der Waals surface area contributed by atoms with E-state index in [1.807, 2.05) is 32.7 Å². The molecule has 0 spiro atoms. The Morgan fingerprint density at radius 2 is 1.71 bits per heavy atom. The number of carbonyl (C=O) groups is 5. The predicted molar refractivity (Wildman–Crippen MR) is 200 cm³/mol. The molecule has 7 atom stereocenters. The maximum atomic E-state index is 14.3. The molecule has 2 aromatic rings. The van der Waals surface area contributed by atoms with Crippen LogP contribution in [0.2, 0.25) is 0 Å². The number of rotatable bonds is 18. The number of aliphatic carboxylic acids is 1. The van der Waals surface area contributed by atoms with Crippen LogP contribution < -0.4 is 10.6 Å². The third-order valence-corrected chi connectivity index (χ3v) is 12.4. The van der Waals surface area contributed by atoms with Crippen molar-refractivity contribution in [3.8, 4) is 0 Å². The minimum atomic E-state index is -4.65. The summed E-state index contributed by atoms with van der Waals surface area (Å²) < 4.78 is 45.3. The van der Waals surface area contributed by atoms with Gasteiger partial charge in [0.15, 0.2) is 11.8 Å². The second-order valence-electron chi connectivity index (χ2n) is 15.3. The van der Waals surface area contributed by atoms with Crippen LogP contribution in [0.15, 0.2) is 10.8 Å². The number of nitrogens with zero attached hydrogens (tertiary/aromatic N) is 4. The van der Waals surface area contributed by atoms with Gasteiger partial charge in [-0.15, -0.1) is 22.7 Å². The molecule has 1 aliphatic carbocycles. The number of esters is 1. The Kier molecular flexibility index (Phi) is 15.2. The quantitative estimate of drug-likeness (QED) is 0.162. The summed E-state index contributed by atoms with van der Waals surface area (Å²) in [5.74, 6) is -3.63. The van der Waals surface area contributed by atoms with Gasteiger partial charge in [-0.2, -0.15) is 13.2 Å². The molecule has 1 aliphatic heterocycles. The molecular formula is C37H53F3N6O7S2. The SMILES string of the molecule is CC(=O)O[C@H](C[C@H](C(C)C)N(C)C(=O)[C@@H](NC(=O)[C@H]1CCCCN1C)[C@@H](C)C1CC1)c1nc(C(=O)N[C@@H](Cc2nc(C(F)(F)F)cs2)C[C@H](C)C(=O)O)cs1. The number of nitrogens with one attached hydrogen (secondary N) is 2. The van der Waals surface area contributed by atoms with Crippen LogP contribution in [0.4, 0.5) is 13.2 Å². The molecule has 3 amide bonds. The van der Waals surface area contributed by atoms with Crippen LogP contribution in [0.1, 0.15) is 112 Å². The Hall–Kier alpha value is -3.64. The van der Waals surface area contributed by atoms with Gasteiger partial charge in [-0.25, -0.2) is 9.97 Å². The zero-order valence-corrected chi connectivity index (χ0v) is 34.0. The molecule has 2 aliphatic rings. The number of carbonyl (C=O) groups excluding carboxylic acids is 4. The van der Waals surface area contributed by atoms with Gasteiger partial charge in [-0.3, -0.25) is 28.9 Å². The maximum Gasteiger partial charge on any atom is 0.434 e. The molecule has 3 heterocycles. The van der Waals surface area contributed by atoms with Gasteiger partial charge in [0.05, 0.1) is 17.0 Å². The minimum absolute atomic E-state index is 0.0560. The molecule has 0 radical (unpaired) electrons. The molecule has 1 saturated heterocycles. The molecule has 18 heteroatoms. The number of carboxylic acid groups (broad SMARTS) is 1. The predicted octanol–water partition coefficient (Wildman–Crippen LogP) is 5.56. The summed E-state index contributed by atoms with van der Waals surface area (Å²) >= 11 is 1.83. The fourth-order valence-corrected chi connectivity index (χ4v) is 8.83. The Morgan fingerprint density at radius 3 is 2.27 bits per heavy atom. The fraction of sp³-hybridized carbons (Fsp3) is 0.703. The fourth-order valence-electron chi connectivity index (χ4n) is 7.11. The summed E-state index contributed by atoms with van der Waals surface area (Å²) in [6.45, 7) is 9.36. The number of aromatic nitrogens is 2. The van der Waals surface area contributed by atoms with Gasteiger partial charge in [0.1, 0.15) is 16.7 Å². The van der Waals surface area contributed by atoms with E-state index < -0.39 is 59.9 Å². The normalized spacial score (nSPS) is 19.8. The van der Waals surface area contributed by atoms with Crippen LogP contribution in [-0.2, 0) is 36.5 Å². The van der Waals surface area contributed by atoms with E-state index in [0.29, 0.717) is 5.92 Å². The van der Waals surface area contributed by atoms with Gasteiger partial charge in [0, 0.05) is 49.7 Å². The smallest absolute Gasteiger partial charge is 0.434 e. The van der Waals surface area contributed by atoms with Crippen molar-refractivity contribution in [2.45, 2.75) is 122 Å². The van der Waals surface area contributed by atoms with Crippen LogP contribution in [0.3, 0.4) is 0 Å². The molecule has 4 rings (SSSR count). The highest BCUT2D eigenvalue weighted by atomic mass is 32.1. The largest absolute Gasteiger partial charge is 0.481 e. The molecule has 1 saturated carbocycles. The van der Waals surface area contributed by atoms with E-state index in [1.165, 1.54) is 19.2 Å². The summed E-state index contributed by atoms with van der Waals surface area (Å²) in [6.07, 6.45) is -1.02. The average Bonchev–Trinajstić information content (AvgIpc) is 3.63. The third kappa shape index (κ3) is 12.2. The standard InChI is InChI=1S/C37H53F3N6O7S2/c1-19(2)27(46(7)35(50)31(21(4)23-11-12-23)44-33(49)26-10-8-9-13-45(26)6)16-28(53-22(5)47)34-42-25(17-55-34)32(48)41-24(14-20(3)36(51)52)15-30-43-29(18-54-30)37(38,39)40/h17-21,23-24,26-28,31H,8-16H2,1-7H3,(H,41,48)(H,44,49)(H,51,52)/t20-,21-,24+,26+,27+,28+,31-/m0/s1. The Labute approximate surface area is 327 Å². The van der Waals surface area contributed by atoms with E-state index in [9.17, 15) is 42.3 Å². The number of likely N-dealkylation sites (tertiary alicyclic amines) is 1. The number of piperidine rings is 1. The number of carboxylic acids is 1. The lowest BCUT2D eigenvalue weighted by Crippen LogP contribution is -2.58. The maximum absolute atomic E-state index is 14.3. The van der Waals surface area contributed by atoms with Gasteiger partial charge in [-0.05, 0) is 63.5 Å². The number of hydrogen-bond acceptors (Lipinski definition) is 11. The molecule has 0 unspecified atom stereocenters. The first-order valence-electron chi connectivity index (χ1n) is 18.7. The molecule has 306 valence electrons. The Bertz CT molecular complexity index is 1660. The Morgan fingerprint density at radius 1 is 1.02 bits per heavy atom. The summed E-state index contributed by atoms with van der Waals surface area (Å²) in [5, 5.41) is 18.0. The summed E-state index contributed by atoms with van der Waals surface area (Å²) in [4.78, 5) is 77.0. The molecule has 2 aromatic heterocycles. The number of hydrogen-bond donors (Lipinski definition) is 3. The molecule has 55 heavy (non-hydrogen) atoms. The molecule has 0 bridgehead atoms. The molecule has 3 N–H and O–H groups in total. The monoisotopic (exact) mass is 814 g/mol. The van der Waals surface area contributed by atoms with E-state index in [1.54, 1.807) is 11.9 Å². The van der Waals surface area contributed by atoms with Crippen LogP contribution in [0.5, 0.6) is 0 Å². The zero-order chi connectivity index (χ0) is 40.8. The van der Waals surface area contributed by atoms with Crippen molar-refractivity contribution >= 4 is 52.3 Å². The van der Waals surface area contributed by atoms with Gasteiger partial charge < -0.3 is 25.4 Å². The summed E-state index contributed by atoms with van der Waals surface area (Å²) in [7, 11) is 3.60. The van der Waals surface area contributed by atoms with Crippen molar-refractivity contribution in [3.63, 3.8) is 0 Å². The molecule has 0 aromatic carbocycles. The highest BCUT2D eigenvalue weighted by Crippen LogP contribution is 2.39. The van der Waals surface area contributed by atoms with E-state index in [-0.39, 0.29) is 64.7 Å². The van der Waals surface area contributed by atoms with E-state index in [4.69, 9.17) is 4.74 Å². The molecule has 13 nitrogen and oxygen atoms in total. The zero-order valence-electron chi connectivity index (χ0n) is 32.4. The van der Waals surface area contributed by atoms with E-state index >= 15 is 0 Å². The van der Waals surface area contributed by atoms with Crippen molar-refractivity contribution in [1.82, 2.24) is 30.4 Å². The second-order valence-corrected chi connectivity index (χ2v) is 17.1. The number of ether oxygens (including phenoxy) is 1. The van der Waals surface area contributed by atoms with Crippen LogP contribution >= 0.6 is 22.7 Å². The van der Waals surface area contributed by atoms with Gasteiger partial charge in [0.2, 0.25) is 11.8 Å². The topological polar surface area (TPSA) is 171 Å². The lowest BCUT2D eigenvalue weighted by atomic mass is 9.91. The third-order valence-electron chi connectivity index (χ3n) is 10.6. The summed E-state index contributed by atoms with van der Waals surface area (Å²) in [5.41, 5.74) is -1.12. The van der Waals surface area contributed by atoms with Gasteiger partial charge in [-0.1, -0.05) is 34.1 Å². The van der Waals surface area contributed by atoms with Crippen molar-refractivity contribution in [3.05, 3.63) is 32.2 Å². The van der Waals surface area contributed by atoms with Crippen LogP contribution in [0, 0.1) is 23.7 Å². The average molecular weight is 815 g/mol. The minimum Gasteiger partial charge on any atom is -0.481 e. The highest BCUT2D eigenvalue weighted by Gasteiger charge is 2.42. The van der Waals surface area contributed by atoms with Gasteiger partial charge in [0.25, 0.3) is 5.91 Å². The van der Waals surface area contributed by atoms with Crippen LogP contribution in [0.25, 0.3) is 0 Å². The Balaban J connectivity index is 1.52. The van der Waals surface area contributed by atoms with Crippen molar-refractivity contribution in [2.24, 2.45) is 23.7 Å². The number of halogens is 3. The number of thiazole rings is 2. The highest BCUT2D eigenvalue weighted by molar-refractivity contribution is 7.10. The first-order chi connectivity index (χ1) is 25.8. The van der Waals surface area contributed by atoms with Gasteiger partial charge >= 0.3 is 18.1 Å². The van der Waals surface area contributed by atoms with Crippen molar-refractivity contribution in [1.29, 1.82) is 0 Å². The van der Waals surface area contributed by atoms with Crippen LogP contribution in [-0.4, -0.2) is 99.3 Å². The molecular weight excluding hydrogens is 762 g/mol. The summed E-state index contributed by atoms with van der Waals surface area (Å²) in [6, 6.07) is -2.40. The lowest BCUT2D eigenvalue weighted by Gasteiger charge is -2.38. The van der Waals surface area contributed by atoms with Crippen molar-refractivity contribution < 1.29 is 47.0 Å². The first kappa shape index (κ1) is 44.1. The first-order valence-corrected chi connectivity index (χ1v) is 20.5. The second kappa shape index (κ2) is 19.0. The number of alkyl halides is 3. The van der Waals surface area contributed by atoms with E-state index in [0.717, 1.165) is 66.7 Å². The van der Waals surface area contributed by atoms with Crippen molar-refractivity contribution in [2.75, 3.05) is 20.6 Å². The number of likely N-dealkylation sites (N-methyl/N-ethyl adjacent to an activating group) is 2.